The number of aliphatic hydroxyl groups is 1. The highest BCUT2D eigenvalue weighted by atomic mass is 19.4. The third kappa shape index (κ3) is 4.78. The van der Waals surface area contributed by atoms with E-state index >= 15 is 0 Å². The summed E-state index contributed by atoms with van der Waals surface area (Å²) >= 11 is 0. The van der Waals surface area contributed by atoms with Gasteiger partial charge in [0.2, 0.25) is 0 Å². The number of nitrogens with one attached hydrogen (secondary N) is 1. The average molecular weight is 416 g/mol. The third-order valence-corrected chi connectivity index (χ3v) is 4.68. The SMILES string of the molecule is CC(O)(Cn1ccc(C2C=CC=CC2)n1)C(=O)Nc1ccc(C#N)c(C(F)(F)F)c1. The molecule has 1 amide bonds. The van der Waals surface area contributed by atoms with Crippen LogP contribution in [0.2, 0.25) is 0 Å². The number of carbonyl (C=O) groups excluding carboxylic acids is 1. The number of hydrogen-bond donors (Lipinski definition) is 2. The largest absolute Gasteiger partial charge is 0.417 e. The minimum atomic E-state index is -4.75. The van der Waals surface area contributed by atoms with E-state index in [1.807, 2.05) is 24.3 Å². The summed E-state index contributed by atoms with van der Waals surface area (Å²) in [6, 6.07) is 6.08. The van der Waals surface area contributed by atoms with Crippen LogP contribution in [0.4, 0.5) is 18.9 Å². The number of anilines is 1. The maximum atomic E-state index is 13.1. The van der Waals surface area contributed by atoms with Crippen LogP contribution in [0.1, 0.15) is 36.1 Å². The Morgan fingerprint density at radius 1 is 1.37 bits per heavy atom. The minimum absolute atomic E-state index is 0.106. The molecule has 2 aromatic rings. The maximum absolute atomic E-state index is 13.1. The van der Waals surface area contributed by atoms with E-state index in [1.165, 1.54) is 23.7 Å². The predicted molar refractivity (Wildman–Crippen MR) is 103 cm³/mol. The van der Waals surface area contributed by atoms with Gasteiger partial charge in [0.25, 0.3) is 5.91 Å². The Balaban J connectivity index is 1.72. The highest BCUT2D eigenvalue weighted by Gasteiger charge is 2.35. The molecule has 1 aliphatic rings. The minimum Gasteiger partial charge on any atom is -0.378 e. The van der Waals surface area contributed by atoms with E-state index < -0.39 is 28.8 Å². The summed E-state index contributed by atoms with van der Waals surface area (Å²) in [6.45, 7) is 1.06. The molecule has 2 atom stereocenters. The molecule has 1 aromatic carbocycles. The Labute approximate surface area is 170 Å². The highest BCUT2D eigenvalue weighted by molar-refractivity contribution is 5.96. The molecule has 156 valence electrons. The second-order valence-electron chi connectivity index (χ2n) is 7.19. The van der Waals surface area contributed by atoms with Crippen LogP contribution in [0.15, 0.2) is 54.8 Å². The van der Waals surface area contributed by atoms with Gasteiger partial charge in [0.05, 0.1) is 29.4 Å². The molecular weight excluding hydrogens is 397 g/mol. The molecule has 2 unspecified atom stereocenters. The molecule has 0 aliphatic heterocycles. The van der Waals surface area contributed by atoms with Crippen molar-refractivity contribution in [3.8, 4) is 6.07 Å². The van der Waals surface area contributed by atoms with Gasteiger partial charge in [-0.05, 0) is 37.6 Å². The molecule has 1 aromatic heterocycles. The van der Waals surface area contributed by atoms with Gasteiger partial charge in [-0.3, -0.25) is 9.48 Å². The molecule has 3 rings (SSSR count). The summed E-state index contributed by atoms with van der Waals surface area (Å²) in [5, 5.41) is 26.1. The topological polar surface area (TPSA) is 90.9 Å². The zero-order chi connectivity index (χ0) is 21.9. The lowest BCUT2D eigenvalue weighted by Crippen LogP contribution is -2.43. The van der Waals surface area contributed by atoms with E-state index in [0.717, 1.165) is 18.2 Å². The number of halogens is 3. The molecular formula is C21H19F3N4O2. The highest BCUT2D eigenvalue weighted by Crippen LogP contribution is 2.33. The zero-order valence-corrected chi connectivity index (χ0v) is 16.0. The number of alkyl halides is 3. The summed E-state index contributed by atoms with van der Waals surface area (Å²) in [7, 11) is 0. The Morgan fingerprint density at radius 3 is 2.77 bits per heavy atom. The number of amides is 1. The van der Waals surface area contributed by atoms with Crippen LogP contribution in [-0.4, -0.2) is 26.4 Å². The molecule has 0 spiro atoms. The lowest BCUT2D eigenvalue weighted by atomic mass is 9.98. The van der Waals surface area contributed by atoms with Crippen LogP contribution in [-0.2, 0) is 17.5 Å². The van der Waals surface area contributed by atoms with Crippen LogP contribution >= 0.6 is 0 Å². The van der Waals surface area contributed by atoms with Crippen LogP contribution in [0, 0.1) is 11.3 Å². The van der Waals surface area contributed by atoms with Crippen molar-refractivity contribution in [1.29, 1.82) is 5.26 Å². The van der Waals surface area contributed by atoms with Crippen LogP contribution in [0.3, 0.4) is 0 Å². The standard InChI is InChI=1S/C21H19F3N4O2/c1-20(30,13-28-10-9-18(27-28)14-5-3-2-4-6-14)19(29)26-16-8-7-15(12-25)17(11-16)21(22,23)24/h2-5,7-11,14,30H,6,13H2,1H3,(H,26,29). The van der Waals surface area contributed by atoms with Gasteiger partial charge in [-0.1, -0.05) is 24.3 Å². The first-order valence-electron chi connectivity index (χ1n) is 9.12. The van der Waals surface area contributed by atoms with Gasteiger partial charge < -0.3 is 10.4 Å². The number of hydrogen-bond acceptors (Lipinski definition) is 4. The van der Waals surface area contributed by atoms with Gasteiger partial charge in [0.15, 0.2) is 5.60 Å². The molecule has 0 saturated carbocycles. The first kappa shape index (κ1) is 21.3. The number of allylic oxidation sites excluding steroid dienone is 4. The average Bonchev–Trinajstić information content (AvgIpc) is 3.15. The Hall–Kier alpha value is -3.38. The van der Waals surface area contributed by atoms with Gasteiger partial charge in [0.1, 0.15) is 0 Å². The van der Waals surface area contributed by atoms with Crippen LogP contribution in [0.5, 0.6) is 0 Å². The molecule has 2 N–H and O–H groups in total. The predicted octanol–water partition coefficient (Wildman–Crippen LogP) is 3.76. The van der Waals surface area contributed by atoms with Crippen molar-refractivity contribution in [3.63, 3.8) is 0 Å². The number of carbonyl (C=O) groups is 1. The number of nitrogens with zero attached hydrogens (tertiary/aromatic N) is 3. The summed E-state index contributed by atoms with van der Waals surface area (Å²) < 4.78 is 40.7. The lowest BCUT2D eigenvalue weighted by Gasteiger charge is -2.23. The molecule has 1 aliphatic carbocycles. The Bertz CT molecular complexity index is 1050. The molecule has 0 bridgehead atoms. The molecule has 6 nitrogen and oxygen atoms in total. The van der Waals surface area contributed by atoms with E-state index in [9.17, 15) is 23.1 Å². The molecule has 0 radical (unpaired) electrons. The van der Waals surface area contributed by atoms with Gasteiger partial charge in [-0.15, -0.1) is 0 Å². The van der Waals surface area contributed by atoms with Gasteiger partial charge >= 0.3 is 6.18 Å². The fourth-order valence-corrected chi connectivity index (χ4v) is 3.07. The van der Waals surface area contributed by atoms with E-state index in [2.05, 4.69) is 10.4 Å². The summed E-state index contributed by atoms with van der Waals surface area (Å²) in [6.07, 6.45) is 5.56. The monoisotopic (exact) mass is 416 g/mol. The van der Waals surface area contributed by atoms with Crippen molar-refractivity contribution in [2.45, 2.75) is 37.6 Å². The van der Waals surface area contributed by atoms with E-state index in [-0.39, 0.29) is 18.2 Å². The summed E-state index contributed by atoms with van der Waals surface area (Å²) in [5.41, 5.74) is -3.03. The fourth-order valence-electron chi connectivity index (χ4n) is 3.07. The van der Waals surface area contributed by atoms with E-state index in [1.54, 1.807) is 12.3 Å². The van der Waals surface area contributed by atoms with Crippen LogP contribution < -0.4 is 5.32 Å². The fraction of sp³-hybridized carbons (Fsp3) is 0.286. The van der Waals surface area contributed by atoms with Crippen LogP contribution in [0.25, 0.3) is 0 Å². The normalized spacial score (nSPS) is 17.9. The van der Waals surface area contributed by atoms with Crippen molar-refractivity contribution < 1.29 is 23.1 Å². The van der Waals surface area contributed by atoms with Crippen molar-refractivity contribution in [1.82, 2.24) is 9.78 Å². The van der Waals surface area contributed by atoms with Crippen molar-refractivity contribution in [3.05, 3.63) is 71.6 Å². The second-order valence-corrected chi connectivity index (χ2v) is 7.19. The van der Waals surface area contributed by atoms with E-state index in [0.29, 0.717) is 6.07 Å². The third-order valence-electron chi connectivity index (χ3n) is 4.68. The number of benzene rings is 1. The maximum Gasteiger partial charge on any atom is 0.417 e. The van der Waals surface area contributed by atoms with Crippen molar-refractivity contribution >= 4 is 11.6 Å². The number of aromatic nitrogens is 2. The van der Waals surface area contributed by atoms with Gasteiger partial charge in [-0.25, -0.2) is 0 Å². The smallest absolute Gasteiger partial charge is 0.378 e. The van der Waals surface area contributed by atoms with Crippen molar-refractivity contribution in [2.75, 3.05) is 5.32 Å². The quantitative estimate of drug-likeness (QED) is 0.777. The molecule has 0 saturated heterocycles. The van der Waals surface area contributed by atoms with E-state index in [4.69, 9.17) is 5.26 Å². The van der Waals surface area contributed by atoms with Crippen molar-refractivity contribution in [2.24, 2.45) is 0 Å². The number of rotatable bonds is 5. The first-order valence-corrected chi connectivity index (χ1v) is 9.12. The molecule has 0 fully saturated rings. The van der Waals surface area contributed by atoms with Gasteiger partial charge in [0, 0.05) is 17.8 Å². The first-order chi connectivity index (χ1) is 14.1. The summed E-state index contributed by atoms with van der Waals surface area (Å²) in [5.74, 6) is -0.785. The molecule has 1 heterocycles. The molecule has 9 heteroatoms. The lowest BCUT2D eigenvalue weighted by molar-refractivity contribution is -0.138. The number of nitriles is 1. The zero-order valence-electron chi connectivity index (χ0n) is 16.0. The Kier molecular flexibility index (Phi) is 5.80. The Morgan fingerprint density at radius 2 is 2.13 bits per heavy atom. The van der Waals surface area contributed by atoms with Gasteiger partial charge in [-0.2, -0.15) is 23.5 Å². The molecule has 30 heavy (non-hydrogen) atoms. The second kappa shape index (κ2) is 8.16. The summed E-state index contributed by atoms with van der Waals surface area (Å²) in [4.78, 5) is 12.5.